The Hall–Kier alpha value is -2.99. The minimum atomic E-state index is -0.329. The quantitative estimate of drug-likeness (QED) is 0.689. The number of rotatable bonds is 4. The van der Waals surface area contributed by atoms with Gasteiger partial charge in [0.25, 0.3) is 11.8 Å². The molecule has 5 nitrogen and oxygen atoms in total. The van der Waals surface area contributed by atoms with Crippen LogP contribution in [0.25, 0.3) is 0 Å². The summed E-state index contributed by atoms with van der Waals surface area (Å²) < 4.78 is 0.923. The van der Waals surface area contributed by atoms with Gasteiger partial charge in [-0.1, -0.05) is 34.1 Å². The maximum absolute atomic E-state index is 12.3. The summed E-state index contributed by atoms with van der Waals surface area (Å²) in [6.45, 7) is 0. The van der Waals surface area contributed by atoms with Gasteiger partial charge in [-0.15, -0.1) is 0 Å². The van der Waals surface area contributed by atoms with E-state index in [2.05, 4.69) is 31.5 Å². The lowest BCUT2D eigenvalue weighted by molar-refractivity contribution is 0.102. The van der Waals surface area contributed by atoms with E-state index in [-0.39, 0.29) is 11.8 Å². The summed E-state index contributed by atoms with van der Waals surface area (Å²) in [5.41, 5.74) is 1.96. The van der Waals surface area contributed by atoms with Crippen LogP contribution in [0.15, 0.2) is 77.5 Å². The first-order chi connectivity index (χ1) is 12.1. The minimum absolute atomic E-state index is 0.309. The van der Waals surface area contributed by atoms with Gasteiger partial charge in [-0.3, -0.25) is 14.6 Å². The maximum atomic E-state index is 12.3. The summed E-state index contributed by atoms with van der Waals surface area (Å²) in [5.74, 6) is -0.652. The van der Waals surface area contributed by atoms with Gasteiger partial charge < -0.3 is 10.6 Å². The summed E-state index contributed by atoms with van der Waals surface area (Å²) >= 11 is 3.34. The fourth-order valence-corrected chi connectivity index (χ4v) is 2.41. The van der Waals surface area contributed by atoms with E-state index in [1.165, 1.54) is 18.5 Å². The van der Waals surface area contributed by atoms with Crippen molar-refractivity contribution in [3.63, 3.8) is 0 Å². The molecule has 0 radical (unpaired) electrons. The number of pyridine rings is 1. The Balaban J connectivity index is 1.73. The maximum Gasteiger partial charge on any atom is 0.257 e. The van der Waals surface area contributed by atoms with E-state index in [9.17, 15) is 9.59 Å². The molecular formula is C19H14BrN3O2. The number of halogens is 1. The third kappa shape index (κ3) is 4.51. The van der Waals surface area contributed by atoms with Crippen molar-refractivity contribution in [3.05, 3.63) is 88.7 Å². The molecule has 0 aliphatic heterocycles. The molecule has 0 atom stereocenters. The van der Waals surface area contributed by atoms with Crippen molar-refractivity contribution >= 4 is 39.1 Å². The topological polar surface area (TPSA) is 71.1 Å². The zero-order valence-corrected chi connectivity index (χ0v) is 14.7. The van der Waals surface area contributed by atoms with Crippen LogP contribution in [0.4, 0.5) is 11.4 Å². The Morgan fingerprint density at radius 3 is 1.84 bits per heavy atom. The van der Waals surface area contributed by atoms with Crippen LogP contribution < -0.4 is 10.6 Å². The third-order valence-corrected chi connectivity index (χ3v) is 3.93. The van der Waals surface area contributed by atoms with Crippen molar-refractivity contribution in [2.24, 2.45) is 0 Å². The summed E-state index contributed by atoms with van der Waals surface area (Å²) in [7, 11) is 0. The average molecular weight is 396 g/mol. The van der Waals surface area contributed by atoms with Crippen LogP contribution in [0.1, 0.15) is 20.7 Å². The van der Waals surface area contributed by atoms with Gasteiger partial charge in [0.05, 0.1) is 11.1 Å². The third-order valence-electron chi connectivity index (χ3n) is 3.40. The lowest BCUT2D eigenvalue weighted by Gasteiger charge is -2.08. The highest BCUT2D eigenvalue weighted by molar-refractivity contribution is 9.10. The van der Waals surface area contributed by atoms with Gasteiger partial charge in [0.1, 0.15) is 0 Å². The Morgan fingerprint density at radius 2 is 1.28 bits per heavy atom. The summed E-state index contributed by atoms with van der Waals surface area (Å²) in [4.78, 5) is 28.6. The number of amides is 2. The number of carbonyl (C=O) groups excluding carboxylic acids is 2. The monoisotopic (exact) mass is 395 g/mol. The van der Waals surface area contributed by atoms with Crippen LogP contribution >= 0.6 is 15.9 Å². The Morgan fingerprint density at radius 1 is 0.760 bits per heavy atom. The van der Waals surface area contributed by atoms with Gasteiger partial charge in [0, 0.05) is 28.2 Å². The highest BCUT2D eigenvalue weighted by Crippen LogP contribution is 2.15. The Labute approximate surface area is 153 Å². The molecular weight excluding hydrogens is 382 g/mol. The van der Waals surface area contributed by atoms with E-state index >= 15 is 0 Å². The van der Waals surface area contributed by atoms with E-state index in [1.54, 1.807) is 24.3 Å². The van der Waals surface area contributed by atoms with Crippen molar-refractivity contribution in [2.75, 3.05) is 10.6 Å². The van der Waals surface area contributed by atoms with E-state index in [0.29, 0.717) is 22.5 Å². The second-order valence-electron chi connectivity index (χ2n) is 5.24. The first-order valence-corrected chi connectivity index (χ1v) is 8.29. The lowest BCUT2D eigenvalue weighted by atomic mass is 10.1. The van der Waals surface area contributed by atoms with E-state index < -0.39 is 0 Å². The molecule has 0 saturated heterocycles. The highest BCUT2D eigenvalue weighted by atomic mass is 79.9. The number of nitrogens with zero attached hydrogens (tertiary/aromatic N) is 1. The number of hydrogen-bond acceptors (Lipinski definition) is 3. The van der Waals surface area contributed by atoms with E-state index in [4.69, 9.17) is 0 Å². The largest absolute Gasteiger partial charge is 0.322 e. The van der Waals surface area contributed by atoms with Gasteiger partial charge in [0.2, 0.25) is 0 Å². The molecule has 1 aromatic heterocycles. The molecule has 25 heavy (non-hydrogen) atoms. The standard InChI is InChI=1S/C19H14BrN3O2/c20-15-6-8-17(9-7-15)23-19(25)14-10-13(11-21-12-14)18(24)22-16-4-2-1-3-5-16/h1-12H,(H,22,24)(H,23,25). The molecule has 0 aliphatic rings. The van der Waals surface area contributed by atoms with Crippen LogP contribution in [-0.2, 0) is 0 Å². The number of aromatic nitrogens is 1. The Kier molecular flexibility index (Phi) is 5.20. The number of para-hydroxylation sites is 1. The van der Waals surface area contributed by atoms with Gasteiger partial charge in [-0.05, 0) is 42.5 Å². The van der Waals surface area contributed by atoms with Crippen LogP contribution in [-0.4, -0.2) is 16.8 Å². The molecule has 2 amide bonds. The average Bonchev–Trinajstić information content (AvgIpc) is 2.64. The van der Waals surface area contributed by atoms with Gasteiger partial charge in [-0.2, -0.15) is 0 Å². The van der Waals surface area contributed by atoms with Crippen LogP contribution in [0, 0.1) is 0 Å². The number of anilines is 2. The smallest absolute Gasteiger partial charge is 0.257 e. The van der Waals surface area contributed by atoms with E-state index in [1.807, 2.05) is 30.3 Å². The lowest BCUT2D eigenvalue weighted by Crippen LogP contribution is -2.16. The molecule has 1 heterocycles. The van der Waals surface area contributed by atoms with Crippen LogP contribution in [0.3, 0.4) is 0 Å². The van der Waals surface area contributed by atoms with Crippen molar-refractivity contribution in [1.82, 2.24) is 4.98 Å². The fraction of sp³-hybridized carbons (Fsp3) is 0. The molecule has 3 aromatic rings. The predicted octanol–water partition coefficient (Wildman–Crippen LogP) is 4.35. The number of hydrogen-bond donors (Lipinski definition) is 2. The molecule has 0 aliphatic carbocycles. The van der Waals surface area contributed by atoms with E-state index in [0.717, 1.165) is 4.47 Å². The number of nitrogens with one attached hydrogen (secondary N) is 2. The summed E-state index contributed by atoms with van der Waals surface area (Å²) in [5, 5.41) is 5.53. The molecule has 124 valence electrons. The Bertz CT molecular complexity index is 896. The normalized spacial score (nSPS) is 10.1. The SMILES string of the molecule is O=C(Nc1ccccc1)c1cncc(C(=O)Nc2ccc(Br)cc2)c1. The predicted molar refractivity (Wildman–Crippen MR) is 101 cm³/mol. The molecule has 0 saturated carbocycles. The first kappa shape index (κ1) is 16.9. The number of carbonyl (C=O) groups is 2. The van der Waals surface area contributed by atoms with Crippen molar-refractivity contribution in [1.29, 1.82) is 0 Å². The molecule has 2 aromatic carbocycles. The zero-order chi connectivity index (χ0) is 17.6. The van der Waals surface area contributed by atoms with Crippen molar-refractivity contribution in [2.45, 2.75) is 0 Å². The highest BCUT2D eigenvalue weighted by Gasteiger charge is 2.12. The first-order valence-electron chi connectivity index (χ1n) is 7.50. The summed E-state index contributed by atoms with van der Waals surface area (Å²) in [6, 6.07) is 17.8. The van der Waals surface area contributed by atoms with Crippen LogP contribution in [0.5, 0.6) is 0 Å². The molecule has 0 unspecified atom stereocenters. The minimum Gasteiger partial charge on any atom is -0.322 e. The molecule has 0 bridgehead atoms. The van der Waals surface area contributed by atoms with Gasteiger partial charge in [-0.25, -0.2) is 0 Å². The fourth-order valence-electron chi connectivity index (χ4n) is 2.15. The summed E-state index contributed by atoms with van der Waals surface area (Å²) in [6.07, 6.45) is 2.85. The van der Waals surface area contributed by atoms with Crippen molar-refractivity contribution in [3.8, 4) is 0 Å². The van der Waals surface area contributed by atoms with Gasteiger partial charge >= 0.3 is 0 Å². The number of benzene rings is 2. The molecule has 3 rings (SSSR count). The molecule has 0 fully saturated rings. The second-order valence-corrected chi connectivity index (χ2v) is 6.16. The van der Waals surface area contributed by atoms with Gasteiger partial charge in [0.15, 0.2) is 0 Å². The molecule has 6 heteroatoms. The van der Waals surface area contributed by atoms with Crippen molar-refractivity contribution < 1.29 is 9.59 Å². The molecule has 2 N–H and O–H groups in total. The zero-order valence-electron chi connectivity index (χ0n) is 13.1. The molecule has 0 spiro atoms. The van der Waals surface area contributed by atoms with Crippen LogP contribution in [0.2, 0.25) is 0 Å². The second kappa shape index (κ2) is 7.72.